The molecule has 226 valence electrons. The molecule has 4 fully saturated rings. The minimum atomic E-state index is -0.718. The Bertz CT molecular complexity index is 1480. The lowest BCUT2D eigenvalue weighted by molar-refractivity contribution is -0.237. The van der Waals surface area contributed by atoms with Crippen molar-refractivity contribution in [3.8, 4) is 0 Å². The fraction of sp³-hybridized carbons (Fsp3) is 0.611. The van der Waals surface area contributed by atoms with Crippen molar-refractivity contribution in [1.82, 2.24) is 0 Å². The molecule has 2 aromatic carbocycles. The van der Waals surface area contributed by atoms with Gasteiger partial charge in [0.1, 0.15) is 6.10 Å². The highest BCUT2D eigenvalue weighted by atomic mass is 16.5. The first kappa shape index (κ1) is 29.5. The molecular weight excluding hydrogens is 526 g/mol. The van der Waals surface area contributed by atoms with Gasteiger partial charge in [0.15, 0.2) is 5.78 Å². The summed E-state index contributed by atoms with van der Waals surface area (Å²) in [5.74, 6) is -0.479. The Morgan fingerprint density at radius 2 is 1.62 bits per heavy atom. The molecule has 0 radical (unpaired) electrons. The first-order valence-corrected chi connectivity index (χ1v) is 15.7. The molecule has 42 heavy (non-hydrogen) atoms. The molecule has 10 atom stereocenters. The maximum Gasteiger partial charge on any atom is 0.303 e. The van der Waals surface area contributed by atoms with Crippen molar-refractivity contribution in [2.24, 2.45) is 39.7 Å². The topological polar surface area (TPSA) is 110 Å². The number of hydrogen-bond donors (Lipinski definition) is 3. The molecule has 6 nitrogen and oxygen atoms in total. The number of hydrogen-bond acceptors (Lipinski definition) is 6. The van der Waals surface area contributed by atoms with E-state index in [0.717, 1.165) is 41.2 Å². The molecular formula is C36H47NO5. The first-order chi connectivity index (χ1) is 19.6. The van der Waals surface area contributed by atoms with Crippen LogP contribution in [-0.2, 0) is 14.3 Å². The summed E-state index contributed by atoms with van der Waals surface area (Å²) in [6.07, 6.45) is 2.56. The third-order valence-electron chi connectivity index (χ3n) is 12.8. The number of ether oxygens (including phenoxy) is 1. The van der Waals surface area contributed by atoms with E-state index in [2.05, 4.69) is 32.9 Å². The number of nitrogens with two attached hydrogens (primary N) is 1. The normalized spacial score (nSPS) is 44.1. The van der Waals surface area contributed by atoms with Gasteiger partial charge in [-0.3, -0.25) is 9.59 Å². The Kier molecular flexibility index (Phi) is 6.84. The Labute approximate surface area is 249 Å². The number of Topliss-reactive ketones (excluding diaryl/α,β-unsaturated/α-hetero) is 1. The van der Waals surface area contributed by atoms with Crippen LogP contribution in [0.3, 0.4) is 0 Å². The van der Waals surface area contributed by atoms with Crippen LogP contribution in [0.4, 0.5) is 0 Å². The molecule has 0 spiro atoms. The number of carbonyl (C=O) groups excluding carboxylic acids is 2. The minimum absolute atomic E-state index is 0.0286. The number of esters is 1. The predicted octanol–water partition coefficient (Wildman–Crippen LogP) is 5.82. The summed E-state index contributed by atoms with van der Waals surface area (Å²) in [6, 6.07) is 14.2. The maximum atomic E-state index is 13.6. The lowest BCUT2D eigenvalue weighted by Gasteiger charge is -2.70. The molecule has 0 aromatic heterocycles. The zero-order chi connectivity index (χ0) is 30.4. The molecule has 4 saturated carbocycles. The molecule has 4 aliphatic rings. The molecule has 4 aliphatic carbocycles. The number of benzene rings is 2. The van der Waals surface area contributed by atoms with Crippen molar-refractivity contribution in [2.45, 2.75) is 104 Å². The standard InChI is InChI=1S/C36H47NO5/c1-20(38)30(24-12-11-22-9-7-8-10-23(22)17-24)31-25-18-26(40)32-33(3)15-14-29(41)36(6,37)28(33)13-16-34(32,4)35(25,5)19-27(31)42-21(2)39/h7-12,17,25-29,32,40-41H,13-16,18-19,37H2,1-6H3/b31-30+/t25-,26+,27-,28?,29+,32-,33-,34-,35-,36+/m0/s1. The van der Waals surface area contributed by atoms with Crippen LogP contribution >= 0.6 is 0 Å². The van der Waals surface area contributed by atoms with Crippen LogP contribution in [0.5, 0.6) is 0 Å². The second-order valence-corrected chi connectivity index (χ2v) is 14.9. The van der Waals surface area contributed by atoms with Gasteiger partial charge in [0.2, 0.25) is 0 Å². The molecule has 0 heterocycles. The van der Waals surface area contributed by atoms with Crippen LogP contribution in [0.2, 0.25) is 0 Å². The van der Waals surface area contributed by atoms with Crippen LogP contribution < -0.4 is 5.73 Å². The summed E-state index contributed by atoms with van der Waals surface area (Å²) in [5.41, 5.74) is 7.60. The summed E-state index contributed by atoms with van der Waals surface area (Å²) in [4.78, 5) is 26.1. The number of ketones is 1. The number of carbonyl (C=O) groups is 2. The van der Waals surface area contributed by atoms with Gasteiger partial charge in [-0.15, -0.1) is 0 Å². The van der Waals surface area contributed by atoms with Crippen molar-refractivity contribution in [1.29, 1.82) is 0 Å². The molecule has 0 aliphatic heterocycles. The summed E-state index contributed by atoms with van der Waals surface area (Å²) in [6.45, 7) is 11.9. The second-order valence-electron chi connectivity index (χ2n) is 14.9. The summed E-state index contributed by atoms with van der Waals surface area (Å²) in [5, 5.41) is 25.2. The Balaban J connectivity index is 1.52. The van der Waals surface area contributed by atoms with Crippen LogP contribution in [0.15, 0.2) is 48.0 Å². The Hall–Kier alpha value is -2.54. The second kappa shape index (κ2) is 9.73. The van der Waals surface area contributed by atoms with Gasteiger partial charge in [-0.25, -0.2) is 0 Å². The van der Waals surface area contributed by atoms with Gasteiger partial charge < -0.3 is 20.7 Å². The lowest BCUT2D eigenvalue weighted by Crippen LogP contribution is -2.71. The van der Waals surface area contributed by atoms with Crippen LogP contribution in [0.25, 0.3) is 16.3 Å². The van der Waals surface area contributed by atoms with Gasteiger partial charge in [0.25, 0.3) is 0 Å². The van der Waals surface area contributed by atoms with Gasteiger partial charge in [0.05, 0.1) is 12.2 Å². The highest BCUT2D eigenvalue weighted by Gasteiger charge is 2.72. The average molecular weight is 574 g/mol. The molecule has 1 unspecified atom stereocenters. The minimum Gasteiger partial charge on any atom is -0.458 e. The fourth-order valence-electron chi connectivity index (χ4n) is 10.9. The average Bonchev–Trinajstić information content (AvgIpc) is 3.17. The highest BCUT2D eigenvalue weighted by molar-refractivity contribution is 6.21. The Morgan fingerprint density at radius 3 is 2.29 bits per heavy atom. The van der Waals surface area contributed by atoms with Crippen molar-refractivity contribution in [3.63, 3.8) is 0 Å². The van der Waals surface area contributed by atoms with E-state index in [1.807, 2.05) is 37.3 Å². The number of fused-ring (bicyclic) bond motifs is 6. The lowest BCUT2D eigenvalue weighted by atomic mass is 9.36. The largest absolute Gasteiger partial charge is 0.458 e. The summed E-state index contributed by atoms with van der Waals surface area (Å²) < 4.78 is 6.08. The molecule has 0 saturated heterocycles. The molecule has 4 N–H and O–H groups in total. The smallest absolute Gasteiger partial charge is 0.303 e. The van der Waals surface area contributed by atoms with Crippen molar-refractivity contribution in [3.05, 3.63) is 53.6 Å². The number of allylic oxidation sites excluding steroid dienone is 1. The zero-order valence-corrected chi connectivity index (χ0v) is 25.9. The summed E-state index contributed by atoms with van der Waals surface area (Å²) >= 11 is 0. The molecule has 0 amide bonds. The first-order valence-electron chi connectivity index (χ1n) is 15.7. The number of aliphatic hydroxyl groups excluding tert-OH is 2. The van der Waals surface area contributed by atoms with Crippen LogP contribution in [0.1, 0.15) is 85.6 Å². The Morgan fingerprint density at radius 1 is 0.929 bits per heavy atom. The van der Waals surface area contributed by atoms with E-state index >= 15 is 0 Å². The quantitative estimate of drug-likeness (QED) is 0.316. The van der Waals surface area contributed by atoms with Gasteiger partial charge >= 0.3 is 5.97 Å². The number of rotatable bonds is 3. The summed E-state index contributed by atoms with van der Waals surface area (Å²) in [7, 11) is 0. The molecule has 2 aromatic rings. The predicted molar refractivity (Wildman–Crippen MR) is 164 cm³/mol. The van der Waals surface area contributed by atoms with E-state index < -0.39 is 23.9 Å². The monoisotopic (exact) mass is 573 g/mol. The van der Waals surface area contributed by atoms with Gasteiger partial charge in [-0.2, -0.15) is 0 Å². The maximum absolute atomic E-state index is 13.6. The molecule has 6 rings (SSSR count). The molecule has 6 heteroatoms. The van der Waals surface area contributed by atoms with Crippen molar-refractivity contribution < 1.29 is 24.5 Å². The van der Waals surface area contributed by atoms with E-state index in [1.54, 1.807) is 6.92 Å². The van der Waals surface area contributed by atoms with Gasteiger partial charge in [0, 0.05) is 18.0 Å². The van der Waals surface area contributed by atoms with Crippen LogP contribution in [0, 0.1) is 34.0 Å². The van der Waals surface area contributed by atoms with Crippen LogP contribution in [-0.4, -0.2) is 45.8 Å². The molecule has 0 bridgehead atoms. The zero-order valence-electron chi connectivity index (χ0n) is 25.9. The SMILES string of the molecule is CC(=O)O[C@H]1C[C@@]2(C)[C@@H](C[C@@H](O)[C@H]3[C@@]4(C)CC[C@@H](O)[C@](C)(N)C4CC[C@@]32C)/C1=C(/C(C)=O)c1ccc2ccccc2c1. The van der Waals surface area contributed by atoms with Crippen molar-refractivity contribution >= 4 is 28.1 Å². The third-order valence-corrected chi connectivity index (χ3v) is 12.8. The van der Waals surface area contributed by atoms with E-state index in [0.29, 0.717) is 24.8 Å². The fourth-order valence-corrected chi connectivity index (χ4v) is 10.9. The van der Waals surface area contributed by atoms with Crippen molar-refractivity contribution in [2.75, 3.05) is 0 Å². The van der Waals surface area contributed by atoms with E-state index in [9.17, 15) is 19.8 Å². The highest BCUT2D eigenvalue weighted by Crippen LogP contribution is 2.74. The number of aliphatic hydroxyl groups is 2. The van der Waals surface area contributed by atoms with E-state index in [1.165, 1.54) is 6.92 Å². The van der Waals surface area contributed by atoms with E-state index in [-0.39, 0.29) is 45.8 Å². The third kappa shape index (κ3) is 4.01. The van der Waals surface area contributed by atoms with E-state index in [4.69, 9.17) is 10.5 Å². The van der Waals surface area contributed by atoms with Gasteiger partial charge in [-0.05, 0) is 114 Å². The van der Waals surface area contributed by atoms with Gasteiger partial charge in [-0.1, -0.05) is 57.2 Å².